The van der Waals surface area contributed by atoms with Crippen molar-refractivity contribution in [3.63, 3.8) is 0 Å². The van der Waals surface area contributed by atoms with Crippen LogP contribution >= 0.6 is 0 Å². The van der Waals surface area contributed by atoms with E-state index in [9.17, 15) is 9.18 Å². The molecule has 5 rings (SSSR count). The van der Waals surface area contributed by atoms with Gasteiger partial charge in [0.25, 0.3) is 0 Å². The molecule has 37 heavy (non-hydrogen) atoms. The highest BCUT2D eigenvalue weighted by molar-refractivity contribution is 5.97. The van der Waals surface area contributed by atoms with E-state index in [0.717, 1.165) is 79.6 Å². The normalized spacial score (nSPS) is 21.0. The van der Waals surface area contributed by atoms with E-state index in [1.165, 1.54) is 5.57 Å². The van der Waals surface area contributed by atoms with Gasteiger partial charge in [0.2, 0.25) is 5.91 Å². The quantitative estimate of drug-likeness (QED) is 0.436. The molecule has 2 unspecified atom stereocenters. The molecule has 0 radical (unpaired) electrons. The van der Waals surface area contributed by atoms with E-state index < -0.39 is 6.30 Å². The third-order valence-corrected chi connectivity index (χ3v) is 7.58. The number of hydrogen-bond donors (Lipinski definition) is 1. The standard InChI is InChI=1S/C29H36FN5O2/c1-4-5-6-7-25(30)33-28-24-18-23(27-22(12-17-37-27)26(24)31-19(2)32-28)20-8-10-21(11-9-20)29(36)35-15-13-34(3)14-16-35/h4-6,8,18,21,25H,1,7,9-17H2,2-3H3,(H,31,32,33)/b6-5-. The molecular weight excluding hydrogens is 469 g/mol. The molecule has 2 aliphatic heterocycles. The third-order valence-electron chi connectivity index (χ3n) is 7.58. The summed E-state index contributed by atoms with van der Waals surface area (Å²) in [5, 5.41) is 3.75. The first-order valence-corrected chi connectivity index (χ1v) is 13.3. The van der Waals surface area contributed by atoms with Gasteiger partial charge >= 0.3 is 0 Å². The molecule has 1 aliphatic carbocycles. The molecule has 1 saturated heterocycles. The fraction of sp³-hybridized carbons (Fsp3) is 0.483. The Labute approximate surface area is 218 Å². The molecule has 8 heteroatoms. The number of alkyl halides is 1. The summed E-state index contributed by atoms with van der Waals surface area (Å²) in [6.07, 6.45) is 9.35. The topological polar surface area (TPSA) is 70.6 Å². The number of nitrogens with zero attached hydrogens (tertiary/aromatic N) is 4. The van der Waals surface area contributed by atoms with Crippen LogP contribution in [0.3, 0.4) is 0 Å². The largest absolute Gasteiger partial charge is 0.492 e. The lowest BCUT2D eigenvalue weighted by atomic mass is 9.84. The predicted octanol–water partition coefficient (Wildman–Crippen LogP) is 4.67. The number of ether oxygens (including phenoxy) is 1. The summed E-state index contributed by atoms with van der Waals surface area (Å²) >= 11 is 0. The molecule has 3 heterocycles. The smallest absolute Gasteiger partial charge is 0.226 e. The van der Waals surface area contributed by atoms with Gasteiger partial charge in [-0.1, -0.05) is 30.9 Å². The molecule has 1 aromatic carbocycles. The fourth-order valence-electron chi connectivity index (χ4n) is 5.52. The van der Waals surface area contributed by atoms with Crippen molar-refractivity contribution in [1.29, 1.82) is 0 Å². The summed E-state index contributed by atoms with van der Waals surface area (Å²) < 4.78 is 20.9. The molecule has 7 nitrogen and oxygen atoms in total. The van der Waals surface area contributed by atoms with Gasteiger partial charge in [-0.05, 0) is 44.9 Å². The predicted molar refractivity (Wildman–Crippen MR) is 145 cm³/mol. The lowest BCUT2D eigenvalue weighted by molar-refractivity contribution is -0.137. The molecular formula is C29H36FN5O2. The van der Waals surface area contributed by atoms with Crippen molar-refractivity contribution in [2.24, 2.45) is 5.92 Å². The second-order valence-electron chi connectivity index (χ2n) is 10.2. The number of amides is 1. The highest BCUT2D eigenvalue weighted by Gasteiger charge is 2.30. The van der Waals surface area contributed by atoms with Gasteiger partial charge in [0.15, 0.2) is 6.30 Å². The number of likely N-dealkylation sites (N-methyl/N-ethyl adjacent to an activating group) is 1. The van der Waals surface area contributed by atoms with Crippen molar-refractivity contribution < 1.29 is 13.9 Å². The van der Waals surface area contributed by atoms with Crippen molar-refractivity contribution in [3.05, 3.63) is 53.9 Å². The Bertz CT molecular complexity index is 1250. The molecule has 196 valence electrons. The van der Waals surface area contributed by atoms with E-state index in [-0.39, 0.29) is 18.2 Å². The van der Waals surface area contributed by atoms with E-state index in [4.69, 9.17) is 9.72 Å². The average Bonchev–Trinajstić information content (AvgIpc) is 3.39. The van der Waals surface area contributed by atoms with Crippen LogP contribution in [-0.2, 0) is 11.2 Å². The third kappa shape index (κ3) is 5.39. The van der Waals surface area contributed by atoms with Gasteiger partial charge in [-0.25, -0.2) is 14.4 Å². The van der Waals surface area contributed by atoms with Crippen LogP contribution in [0.15, 0.2) is 36.9 Å². The molecule has 0 bridgehead atoms. The van der Waals surface area contributed by atoms with E-state index in [0.29, 0.717) is 18.2 Å². The number of anilines is 1. The van der Waals surface area contributed by atoms with Gasteiger partial charge in [0, 0.05) is 61.5 Å². The first-order valence-electron chi connectivity index (χ1n) is 13.3. The fourth-order valence-corrected chi connectivity index (χ4v) is 5.52. The average molecular weight is 506 g/mol. The highest BCUT2D eigenvalue weighted by Crippen LogP contribution is 2.43. The number of aryl methyl sites for hydroxylation is 1. The second kappa shape index (κ2) is 11.0. The van der Waals surface area contributed by atoms with Gasteiger partial charge in [-0.3, -0.25) is 4.79 Å². The molecule has 0 saturated carbocycles. The molecule has 3 aliphatic rings. The Kier molecular flexibility index (Phi) is 7.55. The van der Waals surface area contributed by atoms with Crippen LogP contribution in [-0.4, -0.2) is 71.8 Å². The first-order chi connectivity index (χ1) is 17.9. The molecule has 1 N–H and O–H groups in total. The van der Waals surface area contributed by atoms with Gasteiger partial charge in [0.05, 0.1) is 12.1 Å². The minimum Gasteiger partial charge on any atom is -0.492 e. The minimum atomic E-state index is -1.28. The summed E-state index contributed by atoms with van der Waals surface area (Å²) in [5.41, 5.74) is 4.07. The number of rotatable bonds is 7. The van der Waals surface area contributed by atoms with Crippen LogP contribution in [0.2, 0.25) is 0 Å². The van der Waals surface area contributed by atoms with Crippen LogP contribution in [0.1, 0.15) is 42.6 Å². The zero-order valence-corrected chi connectivity index (χ0v) is 21.8. The van der Waals surface area contributed by atoms with E-state index in [1.54, 1.807) is 18.2 Å². The van der Waals surface area contributed by atoms with E-state index in [2.05, 4.69) is 34.9 Å². The van der Waals surface area contributed by atoms with Crippen LogP contribution in [0.5, 0.6) is 5.75 Å². The van der Waals surface area contributed by atoms with Gasteiger partial charge in [0.1, 0.15) is 17.4 Å². The van der Waals surface area contributed by atoms with Crippen molar-refractivity contribution in [3.8, 4) is 5.75 Å². The van der Waals surface area contributed by atoms with Crippen LogP contribution in [0.4, 0.5) is 10.2 Å². The van der Waals surface area contributed by atoms with Crippen molar-refractivity contribution in [1.82, 2.24) is 19.8 Å². The summed E-state index contributed by atoms with van der Waals surface area (Å²) in [5.74, 6) is 2.27. The Balaban J connectivity index is 1.43. The molecule has 1 amide bonds. The zero-order chi connectivity index (χ0) is 25.9. The van der Waals surface area contributed by atoms with Crippen molar-refractivity contribution in [2.45, 2.75) is 45.3 Å². The number of hydrogen-bond acceptors (Lipinski definition) is 6. The Morgan fingerprint density at radius 1 is 1.30 bits per heavy atom. The number of halogens is 1. The lowest BCUT2D eigenvalue weighted by Gasteiger charge is -2.35. The van der Waals surface area contributed by atoms with Gasteiger partial charge in [-0.15, -0.1) is 0 Å². The van der Waals surface area contributed by atoms with E-state index in [1.807, 2.05) is 17.9 Å². The van der Waals surface area contributed by atoms with Gasteiger partial charge in [-0.2, -0.15) is 0 Å². The number of aromatic nitrogens is 2. The number of carbonyl (C=O) groups is 1. The van der Waals surface area contributed by atoms with Crippen molar-refractivity contribution in [2.75, 3.05) is 45.2 Å². The number of nitrogens with one attached hydrogen (secondary N) is 1. The van der Waals surface area contributed by atoms with E-state index >= 15 is 0 Å². The van der Waals surface area contributed by atoms with Gasteiger partial charge < -0.3 is 19.9 Å². The summed E-state index contributed by atoms with van der Waals surface area (Å²) in [4.78, 5) is 26.7. The summed E-state index contributed by atoms with van der Waals surface area (Å²) in [7, 11) is 2.10. The lowest BCUT2D eigenvalue weighted by Crippen LogP contribution is -2.49. The Morgan fingerprint density at radius 2 is 2.11 bits per heavy atom. The highest BCUT2D eigenvalue weighted by atomic mass is 19.1. The number of fused-ring (bicyclic) bond motifs is 3. The molecule has 2 atom stereocenters. The monoisotopic (exact) mass is 505 g/mol. The maximum absolute atomic E-state index is 14.8. The van der Waals surface area contributed by atoms with Crippen LogP contribution < -0.4 is 10.1 Å². The summed E-state index contributed by atoms with van der Waals surface area (Å²) in [6, 6.07) is 2.04. The number of piperazine rings is 1. The maximum Gasteiger partial charge on any atom is 0.226 e. The zero-order valence-electron chi connectivity index (χ0n) is 21.8. The van der Waals surface area contributed by atoms with Crippen molar-refractivity contribution >= 4 is 28.2 Å². The molecule has 1 aromatic heterocycles. The number of allylic oxidation sites excluding steroid dienone is 4. The van der Waals surface area contributed by atoms with Crippen LogP contribution in [0.25, 0.3) is 16.5 Å². The Hall–Kier alpha value is -3.26. The number of carbonyl (C=O) groups excluding carboxylic acids is 1. The second-order valence-corrected chi connectivity index (χ2v) is 10.2. The molecule has 0 spiro atoms. The molecule has 1 fully saturated rings. The maximum atomic E-state index is 14.8. The van der Waals surface area contributed by atoms with Crippen LogP contribution in [0, 0.1) is 12.8 Å². The number of benzene rings is 1. The minimum absolute atomic E-state index is 0.0284. The SMILES string of the molecule is C=C/C=C\CC(F)Nc1nc(C)nc2c3c(c(C4=CCC(C(=O)N5CCN(C)CC5)CC4)cc12)OCC3. The first kappa shape index (κ1) is 25.4. The molecule has 2 aromatic rings. The Morgan fingerprint density at radius 3 is 2.84 bits per heavy atom. The summed E-state index contributed by atoms with van der Waals surface area (Å²) in [6.45, 7) is 9.54.